The van der Waals surface area contributed by atoms with Gasteiger partial charge in [-0.1, -0.05) is 0 Å². The summed E-state index contributed by atoms with van der Waals surface area (Å²) < 4.78 is 20.8. The number of hydrogen-bond donors (Lipinski definition) is 3. The van der Waals surface area contributed by atoms with Crippen LogP contribution in [0.4, 0.5) is 0 Å². The number of aromatic nitrogens is 1. The summed E-state index contributed by atoms with van der Waals surface area (Å²) in [6.45, 7) is 5.17. The van der Waals surface area contributed by atoms with Gasteiger partial charge in [0.25, 0.3) is 0 Å². The van der Waals surface area contributed by atoms with Crippen molar-refractivity contribution in [3.8, 4) is 0 Å². The quantitative estimate of drug-likeness (QED) is 0.355. The minimum absolute atomic E-state index is 0.0280. The molecule has 1 aromatic rings. The molecule has 11 nitrogen and oxygen atoms in total. The summed E-state index contributed by atoms with van der Waals surface area (Å²) in [7, 11) is -2.79. The van der Waals surface area contributed by atoms with Crippen molar-refractivity contribution >= 4 is 25.9 Å². The first-order chi connectivity index (χ1) is 14.6. The van der Waals surface area contributed by atoms with Gasteiger partial charge in [0.05, 0.1) is 0 Å². The van der Waals surface area contributed by atoms with E-state index in [0.717, 1.165) is 5.56 Å². The molecule has 31 heavy (non-hydrogen) atoms. The molecule has 1 aliphatic rings. The van der Waals surface area contributed by atoms with E-state index in [9.17, 15) is 19.3 Å². The van der Waals surface area contributed by atoms with E-state index in [4.69, 9.17) is 13.8 Å². The average molecular weight is 459 g/mol. The van der Waals surface area contributed by atoms with Crippen LogP contribution in [0.1, 0.15) is 32.8 Å². The van der Waals surface area contributed by atoms with Crippen LogP contribution in [-0.2, 0) is 39.5 Å². The number of nitrogens with zero attached hydrogens (tertiary/aromatic N) is 1. The van der Waals surface area contributed by atoms with E-state index < -0.39 is 43.5 Å². The Balaban J connectivity index is 1.85. The van der Waals surface area contributed by atoms with Crippen LogP contribution < -0.4 is 10.4 Å². The first-order valence-corrected chi connectivity index (χ1v) is 11.5. The first kappa shape index (κ1) is 25.1. The Morgan fingerprint density at radius 1 is 1.35 bits per heavy atom. The second kappa shape index (κ2) is 10.9. The Kier molecular flexibility index (Phi) is 8.84. The molecule has 0 radical (unpaired) electrons. The molecule has 1 aliphatic heterocycles. The van der Waals surface area contributed by atoms with Gasteiger partial charge in [-0.05, 0) is 0 Å². The molecule has 174 valence electrons. The Morgan fingerprint density at radius 2 is 2.03 bits per heavy atom. The third-order valence-corrected chi connectivity index (χ3v) is 6.49. The number of carbonyl (C=O) groups excluding carboxylic acids is 3. The fourth-order valence-electron chi connectivity index (χ4n) is 2.80. The van der Waals surface area contributed by atoms with Gasteiger partial charge in [-0.15, -0.1) is 0 Å². The molecule has 0 bridgehead atoms. The van der Waals surface area contributed by atoms with E-state index >= 15 is 0 Å². The van der Waals surface area contributed by atoms with Crippen molar-refractivity contribution in [2.24, 2.45) is 5.41 Å². The van der Waals surface area contributed by atoms with Crippen LogP contribution in [0.25, 0.3) is 0 Å². The minimum atomic E-state index is -4.01. The third kappa shape index (κ3) is 7.48. The summed E-state index contributed by atoms with van der Waals surface area (Å²) in [5.41, 5.74) is 0.0594. The van der Waals surface area contributed by atoms with Crippen LogP contribution in [-0.4, -0.2) is 60.1 Å². The maximum atomic E-state index is 12.7. The second-order valence-corrected chi connectivity index (χ2v) is 9.78. The van der Waals surface area contributed by atoms with Crippen LogP contribution >= 0.6 is 8.09 Å². The molecule has 1 aromatic heterocycles. The summed E-state index contributed by atoms with van der Waals surface area (Å²) in [6.07, 6.45) is 2.12. The zero-order valence-electron chi connectivity index (χ0n) is 18.0. The van der Waals surface area contributed by atoms with Gasteiger partial charge in [0, 0.05) is 0 Å². The van der Waals surface area contributed by atoms with Gasteiger partial charge in [0.15, 0.2) is 0 Å². The van der Waals surface area contributed by atoms with Crippen molar-refractivity contribution in [1.29, 1.82) is 0 Å². The molecule has 2 atom stereocenters. The predicted octanol–water partition coefficient (Wildman–Crippen LogP) is 0.626. The normalized spacial score (nSPS) is 21.4. The summed E-state index contributed by atoms with van der Waals surface area (Å²) in [4.78, 5) is 50.7. The zero-order chi connectivity index (χ0) is 23.1. The van der Waals surface area contributed by atoms with Crippen molar-refractivity contribution in [3.05, 3.63) is 30.1 Å². The predicted molar refractivity (Wildman–Crippen MR) is 111 cm³/mol. The molecule has 2 heterocycles. The van der Waals surface area contributed by atoms with Crippen LogP contribution in [0.3, 0.4) is 0 Å². The monoisotopic (exact) mass is 459 g/mol. The number of ether oxygens (including phenoxy) is 2. The molecular weight excluding hydrogens is 429 g/mol. The van der Waals surface area contributed by atoms with Crippen molar-refractivity contribution in [1.82, 2.24) is 15.4 Å². The summed E-state index contributed by atoms with van der Waals surface area (Å²) >= 11 is 0. The molecule has 1 saturated heterocycles. The Labute approximate surface area is 181 Å². The first-order valence-electron chi connectivity index (χ1n) is 9.78. The zero-order valence-corrected chi connectivity index (χ0v) is 19.0. The number of carbonyl (C=O) groups is 3. The van der Waals surface area contributed by atoms with E-state index in [1.165, 1.54) is 14.0 Å². The van der Waals surface area contributed by atoms with Gasteiger partial charge >= 0.3 is 176 Å². The van der Waals surface area contributed by atoms with Crippen molar-refractivity contribution in [2.45, 2.75) is 45.9 Å². The number of pyridine rings is 1. The van der Waals surface area contributed by atoms with Crippen LogP contribution in [0, 0.1) is 5.41 Å². The van der Waals surface area contributed by atoms with Gasteiger partial charge in [0.2, 0.25) is 0 Å². The number of esters is 2. The van der Waals surface area contributed by atoms with Gasteiger partial charge < -0.3 is 0 Å². The topological polar surface area (TPSA) is 145 Å². The van der Waals surface area contributed by atoms with Gasteiger partial charge in [-0.25, -0.2) is 0 Å². The SMILES string of the molecule is COC(=O)[C@H](C)N[PH]1(O)OCC(C)(C)[C@H](C(=O)NCCC(=O)OCc2ccncc2)O1. The molecule has 0 aliphatic carbocycles. The Hall–Kier alpha value is -2.17. The summed E-state index contributed by atoms with van der Waals surface area (Å²) in [6, 6.07) is 2.58. The Morgan fingerprint density at radius 3 is 2.68 bits per heavy atom. The van der Waals surface area contributed by atoms with E-state index in [1.54, 1.807) is 38.4 Å². The van der Waals surface area contributed by atoms with E-state index in [-0.39, 0.29) is 26.2 Å². The molecular formula is C19H30N3O8P. The molecule has 0 unspecified atom stereocenters. The fourth-order valence-corrected chi connectivity index (χ4v) is 5.00. The molecule has 0 spiro atoms. The molecule has 12 heteroatoms. The molecule has 2 rings (SSSR count). The van der Waals surface area contributed by atoms with E-state index in [1.807, 2.05) is 0 Å². The molecule has 0 aromatic carbocycles. The van der Waals surface area contributed by atoms with Crippen molar-refractivity contribution < 1.29 is 37.8 Å². The maximum absolute atomic E-state index is 12.7. The van der Waals surface area contributed by atoms with E-state index in [0.29, 0.717) is 0 Å². The van der Waals surface area contributed by atoms with Crippen LogP contribution in [0.15, 0.2) is 24.5 Å². The third-order valence-electron chi connectivity index (χ3n) is 4.60. The Bertz CT molecular complexity index is 779. The number of nitrogens with one attached hydrogen (secondary N) is 2. The molecule has 1 amide bonds. The number of amides is 1. The van der Waals surface area contributed by atoms with Crippen molar-refractivity contribution in [2.75, 3.05) is 20.3 Å². The number of hydrogen-bond acceptors (Lipinski definition) is 10. The van der Waals surface area contributed by atoms with Gasteiger partial charge in [-0.2, -0.15) is 0 Å². The van der Waals surface area contributed by atoms with E-state index in [2.05, 4.69) is 20.1 Å². The molecule has 1 fully saturated rings. The summed E-state index contributed by atoms with van der Waals surface area (Å²) in [5, 5.41) is 5.22. The number of rotatable bonds is 9. The van der Waals surface area contributed by atoms with Gasteiger partial charge in [0.1, 0.15) is 0 Å². The van der Waals surface area contributed by atoms with Gasteiger partial charge in [-0.3, -0.25) is 4.98 Å². The standard InChI is InChI=1S/C19H30N3O8P/c1-13(18(25)27-4)22-31(26)29-12-19(2,3)16(30-31)17(24)21-10-7-15(23)28-11-14-5-8-20-9-6-14/h5-6,8-9,13,16,22,26,31H,7,10-12H2,1-4H3,(H,21,24)/t13-,16-/m0/s1. The number of methoxy groups -OCH3 is 1. The fraction of sp³-hybridized carbons (Fsp3) is 0.579. The van der Waals surface area contributed by atoms with Crippen LogP contribution in [0.2, 0.25) is 0 Å². The van der Waals surface area contributed by atoms with Crippen LogP contribution in [0.5, 0.6) is 0 Å². The molecule has 3 N–H and O–H groups in total. The van der Waals surface area contributed by atoms with Crippen molar-refractivity contribution in [3.63, 3.8) is 0 Å². The summed E-state index contributed by atoms with van der Waals surface area (Å²) in [5.74, 6) is -1.58. The second-order valence-electron chi connectivity index (χ2n) is 7.80. The average Bonchev–Trinajstić information content (AvgIpc) is 2.74. The molecule has 0 saturated carbocycles.